The van der Waals surface area contributed by atoms with Crippen LogP contribution >= 0.6 is 0 Å². The molecule has 2 aromatic rings. The van der Waals surface area contributed by atoms with Gasteiger partial charge in [-0.2, -0.15) is 4.98 Å². The van der Waals surface area contributed by atoms with Gasteiger partial charge in [-0.1, -0.05) is 0 Å². The summed E-state index contributed by atoms with van der Waals surface area (Å²) in [7, 11) is 3.01. The maximum atomic E-state index is 12.1. The van der Waals surface area contributed by atoms with E-state index in [4.69, 9.17) is 4.74 Å². The van der Waals surface area contributed by atoms with Gasteiger partial charge in [0.05, 0.1) is 19.3 Å². The van der Waals surface area contributed by atoms with E-state index < -0.39 is 11.2 Å². The molecule has 0 bridgehead atoms. The zero-order valence-electron chi connectivity index (χ0n) is 11.9. The van der Waals surface area contributed by atoms with Gasteiger partial charge >= 0.3 is 5.69 Å². The van der Waals surface area contributed by atoms with E-state index >= 15 is 0 Å². The summed E-state index contributed by atoms with van der Waals surface area (Å²) in [5, 5.41) is 9.18. The normalized spacial score (nSPS) is 19.4. The van der Waals surface area contributed by atoms with Crippen LogP contribution in [0.15, 0.2) is 9.59 Å². The Balaban J connectivity index is 2.10. The SMILES string of the molecule is Cn1c(=O)c2[nH]c(N3CCOC(CO)C3)nc2n(C)c1=O. The van der Waals surface area contributed by atoms with Gasteiger partial charge in [0.25, 0.3) is 5.56 Å². The lowest BCUT2D eigenvalue weighted by molar-refractivity contribution is 0.00319. The molecule has 1 unspecified atom stereocenters. The molecular formula is C12H17N5O4. The molecule has 0 saturated carbocycles. The molecule has 114 valence electrons. The summed E-state index contributed by atoms with van der Waals surface area (Å²) < 4.78 is 7.76. The molecule has 1 atom stereocenters. The predicted octanol–water partition coefficient (Wildman–Crippen LogP) is -1.84. The van der Waals surface area contributed by atoms with Crippen LogP contribution in [-0.2, 0) is 18.8 Å². The molecule has 0 aliphatic carbocycles. The van der Waals surface area contributed by atoms with Crippen molar-refractivity contribution in [1.82, 2.24) is 19.1 Å². The molecule has 9 heteroatoms. The topological polar surface area (TPSA) is 105 Å². The lowest BCUT2D eigenvalue weighted by atomic mass is 10.3. The maximum absolute atomic E-state index is 12.1. The number of hydrogen-bond donors (Lipinski definition) is 2. The van der Waals surface area contributed by atoms with Crippen molar-refractivity contribution in [2.45, 2.75) is 6.10 Å². The van der Waals surface area contributed by atoms with Crippen molar-refractivity contribution in [2.24, 2.45) is 14.1 Å². The maximum Gasteiger partial charge on any atom is 0.332 e. The molecule has 1 aliphatic heterocycles. The number of aromatic amines is 1. The van der Waals surface area contributed by atoms with Gasteiger partial charge in [0.1, 0.15) is 0 Å². The van der Waals surface area contributed by atoms with Crippen molar-refractivity contribution >= 4 is 17.1 Å². The third-order valence-corrected chi connectivity index (χ3v) is 3.72. The highest BCUT2D eigenvalue weighted by atomic mass is 16.5. The first-order valence-electron chi connectivity index (χ1n) is 6.66. The minimum absolute atomic E-state index is 0.0724. The Hall–Kier alpha value is -2.13. The van der Waals surface area contributed by atoms with Gasteiger partial charge in [0.15, 0.2) is 11.2 Å². The largest absolute Gasteiger partial charge is 0.394 e. The number of nitrogens with one attached hydrogen (secondary N) is 1. The molecule has 0 radical (unpaired) electrons. The number of rotatable bonds is 2. The minimum atomic E-state index is -0.416. The van der Waals surface area contributed by atoms with Crippen LogP contribution in [0.4, 0.5) is 5.95 Å². The van der Waals surface area contributed by atoms with E-state index in [-0.39, 0.29) is 12.7 Å². The summed E-state index contributed by atoms with van der Waals surface area (Å²) >= 11 is 0. The van der Waals surface area contributed by atoms with Crippen molar-refractivity contribution in [2.75, 3.05) is 31.2 Å². The van der Waals surface area contributed by atoms with E-state index in [0.29, 0.717) is 36.8 Å². The van der Waals surface area contributed by atoms with Crippen LogP contribution in [0.25, 0.3) is 11.2 Å². The standard InChI is InChI=1S/C12H17N5O4/c1-15-9-8(10(19)16(2)12(15)20)13-11(14-9)17-3-4-21-7(5-17)6-18/h7,18H,3-6H2,1-2H3,(H,13,14). The third-order valence-electron chi connectivity index (χ3n) is 3.72. The Morgan fingerprint density at radius 3 is 2.86 bits per heavy atom. The molecule has 21 heavy (non-hydrogen) atoms. The molecule has 0 spiro atoms. The Labute approximate surface area is 119 Å². The van der Waals surface area contributed by atoms with Crippen LogP contribution in [0.5, 0.6) is 0 Å². The number of H-pyrrole nitrogens is 1. The van der Waals surface area contributed by atoms with Gasteiger partial charge in [0, 0.05) is 27.2 Å². The summed E-state index contributed by atoms with van der Waals surface area (Å²) in [6.07, 6.45) is -0.279. The first-order valence-corrected chi connectivity index (χ1v) is 6.66. The molecule has 0 amide bonds. The first kappa shape index (κ1) is 13.8. The molecule has 3 rings (SSSR count). The fourth-order valence-electron chi connectivity index (χ4n) is 2.49. The second-order valence-corrected chi connectivity index (χ2v) is 5.09. The number of aromatic nitrogens is 4. The highest BCUT2D eigenvalue weighted by Gasteiger charge is 2.23. The van der Waals surface area contributed by atoms with Crippen molar-refractivity contribution in [1.29, 1.82) is 0 Å². The summed E-state index contributed by atoms with van der Waals surface area (Å²) in [6.45, 7) is 1.48. The Kier molecular flexibility index (Phi) is 3.30. The number of aryl methyl sites for hydroxylation is 1. The molecule has 1 saturated heterocycles. The molecule has 1 aliphatic rings. The zero-order valence-corrected chi connectivity index (χ0v) is 11.9. The molecule has 2 aromatic heterocycles. The van der Waals surface area contributed by atoms with Crippen LogP contribution in [0, 0.1) is 0 Å². The predicted molar refractivity (Wildman–Crippen MR) is 75.6 cm³/mol. The van der Waals surface area contributed by atoms with Crippen molar-refractivity contribution < 1.29 is 9.84 Å². The van der Waals surface area contributed by atoms with Crippen LogP contribution < -0.4 is 16.1 Å². The number of aliphatic hydroxyl groups excluding tert-OH is 1. The molecule has 9 nitrogen and oxygen atoms in total. The van der Waals surface area contributed by atoms with Crippen LogP contribution in [0.3, 0.4) is 0 Å². The third kappa shape index (κ3) is 2.14. The Morgan fingerprint density at radius 1 is 1.38 bits per heavy atom. The van der Waals surface area contributed by atoms with Gasteiger partial charge in [-0.25, -0.2) is 4.79 Å². The number of imidazole rings is 1. The quantitative estimate of drug-likeness (QED) is 0.674. The monoisotopic (exact) mass is 295 g/mol. The second kappa shape index (κ2) is 5.01. The fraction of sp³-hybridized carbons (Fsp3) is 0.583. The Morgan fingerprint density at radius 2 is 2.14 bits per heavy atom. The molecule has 2 N–H and O–H groups in total. The second-order valence-electron chi connectivity index (χ2n) is 5.09. The van der Waals surface area contributed by atoms with Crippen molar-refractivity contribution in [3.63, 3.8) is 0 Å². The lowest BCUT2D eigenvalue weighted by Gasteiger charge is -2.31. The van der Waals surface area contributed by atoms with E-state index in [1.54, 1.807) is 7.05 Å². The van der Waals surface area contributed by atoms with Crippen LogP contribution in [0.1, 0.15) is 0 Å². The van der Waals surface area contributed by atoms with Gasteiger partial charge in [-0.15, -0.1) is 0 Å². The smallest absolute Gasteiger partial charge is 0.332 e. The number of hydrogen-bond acceptors (Lipinski definition) is 6. The van der Waals surface area contributed by atoms with E-state index in [9.17, 15) is 14.7 Å². The number of morpholine rings is 1. The number of fused-ring (bicyclic) bond motifs is 1. The summed E-state index contributed by atoms with van der Waals surface area (Å²) in [4.78, 5) is 33.2. The van der Waals surface area contributed by atoms with Crippen LogP contribution in [0.2, 0.25) is 0 Å². The van der Waals surface area contributed by atoms with E-state index in [2.05, 4.69) is 9.97 Å². The molecule has 3 heterocycles. The average Bonchev–Trinajstić information content (AvgIpc) is 2.96. The number of ether oxygens (including phenoxy) is 1. The van der Waals surface area contributed by atoms with E-state index in [1.165, 1.54) is 11.6 Å². The average molecular weight is 295 g/mol. The molecule has 1 fully saturated rings. The van der Waals surface area contributed by atoms with Gasteiger partial charge < -0.3 is 19.7 Å². The van der Waals surface area contributed by atoms with Crippen LogP contribution in [-0.4, -0.2) is 56.6 Å². The lowest BCUT2D eigenvalue weighted by Crippen LogP contribution is -2.44. The summed E-state index contributed by atoms with van der Waals surface area (Å²) in [6, 6.07) is 0. The van der Waals surface area contributed by atoms with E-state index in [1.807, 2.05) is 4.90 Å². The summed E-state index contributed by atoms with van der Waals surface area (Å²) in [5.41, 5.74) is -0.202. The number of nitrogens with zero attached hydrogens (tertiary/aromatic N) is 4. The number of aliphatic hydroxyl groups is 1. The van der Waals surface area contributed by atoms with Gasteiger partial charge in [-0.3, -0.25) is 13.9 Å². The molecule has 0 aromatic carbocycles. The fourth-order valence-corrected chi connectivity index (χ4v) is 2.49. The summed E-state index contributed by atoms with van der Waals surface area (Å²) in [5.74, 6) is 0.505. The highest BCUT2D eigenvalue weighted by Crippen LogP contribution is 2.16. The zero-order chi connectivity index (χ0) is 15.1. The number of anilines is 1. The highest BCUT2D eigenvalue weighted by molar-refractivity contribution is 5.73. The van der Waals surface area contributed by atoms with Crippen molar-refractivity contribution in [3.05, 3.63) is 20.8 Å². The van der Waals surface area contributed by atoms with E-state index in [0.717, 1.165) is 4.57 Å². The Bertz CT molecular complexity index is 789. The van der Waals surface area contributed by atoms with Gasteiger partial charge in [0.2, 0.25) is 5.95 Å². The first-order chi connectivity index (χ1) is 10.0. The molecular weight excluding hydrogens is 278 g/mol. The minimum Gasteiger partial charge on any atom is -0.394 e. The van der Waals surface area contributed by atoms with Crippen molar-refractivity contribution in [3.8, 4) is 0 Å². The van der Waals surface area contributed by atoms with Gasteiger partial charge in [-0.05, 0) is 0 Å².